The van der Waals surface area contributed by atoms with E-state index >= 15 is 0 Å². The highest BCUT2D eigenvalue weighted by Gasteiger charge is 2.22. The lowest BCUT2D eigenvalue weighted by Crippen LogP contribution is -2.19. The number of fused-ring (bicyclic) bond motifs is 1. The van der Waals surface area contributed by atoms with Crippen LogP contribution in [0.2, 0.25) is 0 Å². The van der Waals surface area contributed by atoms with Crippen LogP contribution in [0, 0.1) is 0 Å². The predicted molar refractivity (Wildman–Crippen MR) is 97.6 cm³/mol. The van der Waals surface area contributed by atoms with Crippen LogP contribution in [0.25, 0.3) is 0 Å². The number of hydrogen-bond acceptors (Lipinski definition) is 2. The fourth-order valence-electron chi connectivity index (χ4n) is 4.14. The number of hydrogen-bond donors (Lipinski definition) is 1. The molecule has 2 N–H and O–H groups in total. The van der Waals surface area contributed by atoms with E-state index in [0.29, 0.717) is 11.5 Å². The Morgan fingerprint density at radius 2 is 1.88 bits per heavy atom. The average molecular weight is 320 g/mol. The van der Waals surface area contributed by atoms with Crippen LogP contribution in [0.3, 0.4) is 0 Å². The van der Waals surface area contributed by atoms with Crippen molar-refractivity contribution in [2.24, 2.45) is 5.73 Å². The molecular formula is C21H24N2O. The van der Waals surface area contributed by atoms with Crippen molar-refractivity contribution in [3.8, 4) is 0 Å². The van der Waals surface area contributed by atoms with Gasteiger partial charge in [-0.25, -0.2) is 0 Å². The van der Waals surface area contributed by atoms with Gasteiger partial charge in [0.2, 0.25) is 5.91 Å². The molecular weight excluding hydrogens is 296 g/mol. The van der Waals surface area contributed by atoms with E-state index < -0.39 is 0 Å². The lowest BCUT2D eigenvalue weighted by Gasteiger charge is -2.27. The first kappa shape index (κ1) is 15.3. The highest BCUT2D eigenvalue weighted by Crippen LogP contribution is 2.35. The number of amides is 1. The summed E-state index contributed by atoms with van der Waals surface area (Å²) in [5, 5.41) is 0. The molecule has 0 spiro atoms. The minimum atomic E-state index is -0.344. The maximum absolute atomic E-state index is 11.4. The van der Waals surface area contributed by atoms with Crippen molar-refractivity contribution in [2.45, 2.75) is 38.0 Å². The van der Waals surface area contributed by atoms with Crippen molar-refractivity contribution in [1.29, 1.82) is 0 Å². The summed E-state index contributed by atoms with van der Waals surface area (Å²) in [5.74, 6) is 0.137. The zero-order valence-corrected chi connectivity index (χ0v) is 14.0. The summed E-state index contributed by atoms with van der Waals surface area (Å²) >= 11 is 0. The molecule has 24 heavy (non-hydrogen) atoms. The van der Waals surface area contributed by atoms with Crippen molar-refractivity contribution < 1.29 is 4.79 Å². The zero-order chi connectivity index (χ0) is 16.5. The highest BCUT2D eigenvalue weighted by molar-refractivity contribution is 5.92. The second-order valence-electron chi connectivity index (χ2n) is 7.08. The van der Waals surface area contributed by atoms with Gasteiger partial charge in [0, 0.05) is 24.3 Å². The van der Waals surface area contributed by atoms with E-state index in [2.05, 4.69) is 29.2 Å². The second kappa shape index (κ2) is 6.31. The first-order valence-corrected chi connectivity index (χ1v) is 8.97. The quantitative estimate of drug-likeness (QED) is 0.938. The van der Waals surface area contributed by atoms with Crippen molar-refractivity contribution in [3.05, 3.63) is 64.7 Å². The molecule has 3 heteroatoms. The maximum Gasteiger partial charge on any atom is 0.248 e. The number of carbonyl (C=O) groups is 1. The number of anilines is 1. The molecule has 1 saturated heterocycles. The lowest BCUT2D eigenvalue weighted by molar-refractivity contribution is 0.1000. The van der Waals surface area contributed by atoms with Crippen LogP contribution in [-0.2, 0) is 12.8 Å². The smallest absolute Gasteiger partial charge is 0.248 e. The summed E-state index contributed by atoms with van der Waals surface area (Å²) in [5.41, 5.74) is 11.6. The molecule has 1 amide bonds. The van der Waals surface area contributed by atoms with Gasteiger partial charge in [0.05, 0.1) is 0 Å². The van der Waals surface area contributed by atoms with Crippen LogP contribution >= 0.6 is 0 Å². The summed E-state index contributed by atoms with van der Waals surface area (Å²) < 4.78 is 0. The number of rotatable bonds is 3. The normalized spacial score (nSPS) is 20.0. The zero-order valence-electron chi connectivity index (χ0n) is 14.0. The van der Waals surface area contributed by atoms with E-state index in [1.165, 1.54) is 48.3 Å². The summed E-state index contributed by atoms with van der Waals surface area (Å²) in [4.78, 5) is 13.9. The molecule has 2 aromatic rings. The summed E-state index contributed by atoms with van der Waals surface area (Å²) in [6, 6.07) is 14.8. The van der Waals surface area contributed by atoms with Gasteiger partial charge in [-0.1, -0.05) is 18.2 Å². The van der Waals surface area contributed by atoms with E-state index in [1.807, 2.05) is 12.1 Å². The minimum Gasteiger partial charge on any atom is -0.372 e. The van der Waals surface area contributed by atoms with Gasteiger partial charge in [-0.2, -0.15) is 0 Å². The molecule has 1 unspecified atom stereocenters. The molecule has 4 rings (SSSR count). The summed E-state index contributed by atoms with van der Waals surface area (Å²) in [6.07, 6.45) is 5.93. The molecule has 1 fully saturated rings. The van der Waals surface area contributed by atoms with Crippen LogP contribution in [-0.4, -0.2) is 19.0 Å². The fraction of sp³-hybridized carbons (Fsp3) is 0.381. The second-order valence-corrected chi connectivity index (χ2v) is 7.08. The Morgan fingerprint density at radius 1 is 1.04 bits per heavy atom. The largest absolute Gasteiger partial charge is 0.372 e. The van der Waals surface area contributed by atoms with Crippen LogP contribution in [0.1, 0.15) is 52.2 Å². The molecule has 0 bridgehead atoms. The molecule has 1 atom stereocenters. The number of nitrogens with two attached hydrogens (primary N) is 1. The Labute approximate surface area is 143 Å². The molecule has 0 radical (unpaired) electrons. The number of primary amides is 1. The van der Waals surface area contributed by atoms with E-state index in [-0.39, 0.29) is 5.91 Å². The van der Waals surface area contributed by atoms with Gasteiger partial charge in [-0.05, 0) is 79.0 Å². The molecule has 2 aromatic carbocycles. The molecule has 1 aliphatic heterocycles. The third-order valence-corrected chi connectivity index (χ3v) is 5.53. The lowest BCUT2D eigenvalue weighted by atomic mass is 9.79. The van der Waals surface area contributed by atoms with Crippen LogP contribution in [0.15, 0.2) is 42.5 Å². The monoisotopic (exact) mass is 320 g/mol. The van der Waals surface area contributed by atoms with Gasteiger partial charge in [0.15, 0.2) is 0 Å². The first-order chi connectivity index (χ1) is 11.7. The van der Waals surface area contributed by atoms with Gasteiger partial charge >= 0.3 is 0 Å². The molecule has 1 heterocycles. The molecule has 0 aromatic heterocycles. The Hall–Kier alpha value is -2.29. The molecule has 3 nitrogen and oxygen atoms in total. The highest BCUT2D eigenvalue weighted by atomic mass is 16.1. The Balaban J connectivity index is 1.55. The predicted octanol–water partition coefficient (Wildman–Crippen LogP) is 3.66. The average Bonchev–Trinajstić information content (AvgIpc) is 3.15. The van der Waals surface area contributed by atoms with E-state index in [0.717, 1.165) is 19.3 Å². The summed E-state index contributed by atoms with van der Waals surface area (Å²) in [6.45, 7) is 2.39. The van der Waals surface area contributed by atoms with Crippen molar-refractivity contribution in [1.82, 2.24) is 0 Å². The van der Waals surface area contributed by atoms with E-state index in [1.54, 1.807) is 6.07 Å². The van der Waals surface area contributed by atoms with Gasteiger partial charge in [-0.15, -0.1) is 0 Å². The third-order valence-electron chi connectivity index (χ3n) is 5.53. The standard InChI is InChI=1S/C21H24N2O/c22-21(24)19-5-3-4-15(13-19)16-6-7-18-14-20(9-8-17(18)12-16)23-10-1-2-11-23/h3-5,8-9,13-14,16H,1-2,6-7,10-12H2,(H2,22,24). The van der Waals surface area contributed by atoms with E-state index in [4.69, 9.17) is 5.73 Å². The van der Waals surface area contributed by atoms with Crippen molar-refractivity contribution in [3.63, 3.8) is 0 Å². The van der Waals surface area contributed by atoms with Crippen LogP contribution in [0.5, 0.6) is 0 Å². The number of aryl methyl sites for hydroxylation is 1. The Morgan fingerprint density at radius 3 is 2.67 bits per heavy atom. The van der Waals surface area contributed by atoms with Crippen LogP contribution in [0.4, 0.5) is 5.69 Å². The fourth-order valence-corrected chi connectivity index (χ4v) is 4.14. The summed E-state index contributed by atoms with van der Waals surface area (Å²) in [7, 11) is 0. The molecule has 1 aliphatic carbocycles. The van der Waals surface area contributed by atoms with Gasteiger partial charge in [0.25, 0.3) is 0 Å². The topological polar surface area (TPSA) is 46.3 Å². The molecule has 2 aliphatic rings. The van der Waals surface area contributed by atoms with Crippen molar-refractivity contribution >= 4 is 11.6 Å². The number of carbonyl (C=O) groups excluding carboxylic acids is 1. The SMILES string of the molecule is NC(=O)c1cccc(C2CCc3cc(N4CCCC4)ccc3C2)c1. The van der Waals surface area contributed by atoms with Crippen LogP contribution < -0.4 is 10.6 Å². The van der Waals surface area contributed by atoms with Gasteiger partial charge in [0.1, 0.15) is 0 Å². The number of benzene rings is 2. The third kappa shape index (κ3) is 2.91. The Kier molecular flexibility index (Phi) is 4.01. The molecule has 124 valence electrons. The van der Waals surface area contributed by atoms with Gasteiger partial charge < -0.3 is 10.6 Å². The first-order valence-electron chi connectivity index (χ1n) is 8.97. The number of nitrogens with zero attached hydrogens (tertiary/aromatic N) is 1. The maximum atomic E-state index is 11.4. The van der Waals surface area contributed by atoms with Crippen molar-refractivity contribution in [2.75, 3.05) is 18.0 Å². The van der Waals surface area contributed by atoms with E-state index in [9.17, 15) is 4.79 Å². The molecule has 0 saturated carbocycles. The Bertz CT molecular complexity index is 762. The van der Waals surface area contributed by atoms with Gasteiger partial charge in [-0.3, -0.25) is 4.79 Å². The minimum absolute atomic E-state index is 0.344.